The Morgan fingerprint density at radius 3 is 2.30 bits per heavy atom. The first-order chi connectivity index (χ1) is 11.1. The van der Waals surface area contributed by atoms with Gasteiger partial charge in [0.05, 0.1) is 6.61 Å². The van der Waals surface area contributed by atoms with Gasteiger partial charge in [-0.1, -0.05) is 62.4 Å². The average Bonchev–Trinajstić information content (AvgIpc) is 2.52. The average molecular weight is 321 g/mol. The fourth-order valence-corrected chi connectivity index (χ4v) is 2.68. The van der Waals surface area contributed by atoms with Crippen LogP contribution in [0.15, 0.2) is 30.3 Å². The lowest BCUT2D eigenvalue weighted by Gasteiger charge is -2.13. The molecular weight excluding hydrogens is 294 g/mol. The molecule has 23 heavy (non-hydrogen) atoms. The van der Waals surface area contributed by atoms with Crippen molar-refractivity contribution < 1.29 is 14.5 Å². The zero-order chi connectivity index (χ0) is 16.9. The highest BCUT2D eigenvalue weighted by molar-refractivity contribution is 5.65. The van der Waals surface area contributed by atoms with Crippen LogP contribution in [0.2, 0.25) is 0 Å². The van der Waals surface area contributed by atoms with Crippen LogP contribution >= 0.6 is 0 Å². The third-order valence-electron chi connectivity index (χ3n) is 3.89. The molecule has 5 nitrogen and oxygen atoms in total. The molecule has 0 bridgehead atoms. The Labute approximate surface area is 138 Å². The summed E-state index contributed by atoms with van der Waals surface area (Å²) in [5.74, 6) is -0.210. The topological polar surface area (TPSA) is 69.4 Å². The first-order valence-electron chi connectivity index (χ1n) is 8.39. The van der Waals surface area contributed by atoms with Gasteiger partial charge in [0.2, 0.25) is 6.54 Å². The van der Waals surface area contributed by atoms with Gasteiger partial charge in [-0.2, -0.15) is 0 Å². The summed E-state index contributed by atoms with van der Waals surface area (Å²) >= 11 is 0. The molecule has 1 aromatic rings. The number of esters is 1. The Balaban J connectivity index is 2.16. The number of unbranched alkanes of at least 4 members (excludes halogenated alkanes) is 5. The van der Waals surface area contributed by atoms with Crippen LogP contribution in [0.25, 0.3) is 0 Å². The van der Waals surface area contributed by atoms with Crippen LogP contribution in [-0.2, 0) is 9.53 Å². The van der Waals surface area contributed by atoms with Gasteiger partial charge in [-0.3, -0.25) is 14.9 Å². The van der Waals surface area contributed by atoms with E-state index in [0.717, 1.165) is 50.5 Å². The maximum absolute atomic E-state index is 10.8. The molecule has 1 atom stereocenters. The van der Waals surface area contributed by atoms with Gasteiger partial charge >= 0.3 is 5.97 Å². The van der Waals surface area contributed by atoms with Crippen molar-refractivity contribution in [3.8, 4) is 0 Å². The zero-order valence-electron chi connectivity index (χ0n) is 13.9. The van der Waals surface area contributed by atoms with Gasteiger partial charge in [-0.05, 0) is 18.4 Å². The largest absolute Gasteiger partial charge is 0.466 e. The molecule has 0 amide bonds. The Kier molecular flexibility index (Phi) is 9.68. The molecule has 1 unspecified atom stereocenters. The zero-order valence-corrected chi connectivity index (χ0v) is 13.9. The van der Waals surface area contributed by atoms with E-state index in [9.17, 15) is 14.9 Å². The molecule has 0 N–H and O–H groups in total. The van der Waals surface area contributed by atoms with E-state index in [4.69, 9.17) is 4.74 Å². The molecule has 1 rings (SSSR count). The second-order valence-electron chi connectivity index (χ2n) is 5.87. The van der Waals surface area contributed by atoms with Crippen molar-refractivity contribution in [1.29, 1.82) is 0 Å². The molecule has 0 aromatic heterocycles. The summed E-state index contributed by atoms with van der Waals surface area (Å²) < 4.78 is 4.88. The van der Waals surface area contributed by atoms with E-state index in [1.165, 1.54) is 6.92 Å². The lowest BCUT2D eigenvalue weighted by atomic mass is 9.93. The summed E-state index contributed by atoms with van der Waals surface area (Å²) in [5.41, 5.74) is 1.06. The third-order valence-corrected chi connectivity index (χ3v) is 3.89. The number of nitrogens with zero attached hydrogens (tertiary/aromatic N) is 1. The van der Waals surface area contributed by atoms with Crippen molar-refractivity contribution in [3.63, 3.8) is 0 Å². The monoisotopic (exact) mass is 321 g/mol. The first kappa shape index (κ1) is 19.1. The quantitative estimate of drug-likeness (QED) is 0.248. The fraction of sp³-hybridized carbons (Fsp3) is 0.611. The van der Waals surface area contributed by atoms with E-state index in [0.29, 0.717) is 6.61 Å². The molecular formula is C18H27NO4. The van der Waals surface area contributed by atoms with Crippen LogP contribution in [0, 0.1) is 10.1 Å². The van der Waals surface area contributed by atoms with Gasteiger partial charge in [-0.25, -0.2) is 0 Å². The van der Waals surface area contributed by atoms with Crippen molar-refractivity contribution in [2.45, 2.75) is 57.8 Å². The summed E-state index contributed by atoms with van der Waals surface area (Å²) in [6.45, 7) is 1.94. The molecule has 0 heterocycles. The Hall–Kier alpha value is -1.91. The van der Waals surface area contributed by atoms with Crippen LogP contribution in [0.3, 0.4) is 0 Å². The number of hydrogen-bond acceptors (Lipinski definition) is 4. The SMILES string of the molecule is CC(=O)OCCCCCCCCC(C[N+](=O)[O-])c1ccccc1. The number of benzene rings is 1. The van der Waals surface area contributed by atoms with Crippen LogP contribution in [0.1, 0.15) is 63.4 Å². The standard InChI is InChI=1S/C18H27NO4/c1-16(20)23-14-10-5-3-2-4-7-13-18(15-19(21)22)17-11-8-6-9-12-17/h6,8-9,11-12,18H,2-5,7,10,13-15H2,1H3. The maximum atomic E-state index is 10.8. The molecule has 128 valence electrons. The normalized spacial score (nSPS) is 11.9. The molecule has 0 radical (unpaired) electrons. The lowest BCUT2D eigenvalue weighted by Crippen LogP contribution is -2.12. The van der Waals surface area contributed by atoms with Crippen LogP contribution in [0.4, 0.5) is 0 Å². The van der Waals surface area contributed by atoms with Gasteiger partial charge in [0.1, 0.15) is 0 Å². The smallest absolute Gasteiger partial charge is 0.302 e. The van der Waals surface area contributed by atoms with E-state index in [2.05, 4.69) is 0 Å². The minimum absolute atomic E-state index is 0.00635. The minimum atomic E-state index is -0.220. The number of nitro groups is 1. The maximum Gasteiger partial charge on any atom is 0.302 e. The molecule has 0 aliphatic heterocycles. The van der Waals surface area contributed by atoms with Gasteiger partial charge in [0.25, 0.3) is 0 Å². The van der Waals surface area contributed by atoms with E-state index in [1.807, 2.05) is 30.3 Å². The first-order valence-corrected chi connectivity index (χ1v) is 8.39. The van der Waals surface area contributed by atoms with Gasteiger partial charge in [-0.15, -0.1) is 0 Å². The second-order valence-corrected chi connectivity index (χ2v) is 5.87. The highest BCUT2D eigenvalue weighted by Crippen LogP contribution is 2.23. The molecule has 1 aromatic carbocycles. The number of rotatable bonds is 12. The molecule has 0 spiro atoms. The molecule has 0 aliphatic carbocycles. The summed E-state index contributed by atoms with van der Waals surface area (Å²) in [6.07, 6.45) is 7.18. The van der Waals surface area contributed by atoms with Gasteiger partial charge < -0.3 is 4.74 Å². The van der Waals surface area contributed by atoms with E-state index in [1.54, 1.807) is 0 Å². The van der Waals surface area contributed by atoms with Crippen molar-refractivity contribution in [2.24, 2.45) is 0 Å². The van der Waals surface area contributed by atoms with Gasteiger partial charge in [0.15, 0.2) is 0 Å². The Morgan fingerprint density at radius 2 is 1.70 bits per heavy atom. The van der Waals surface area contributed by atoms with Gasteiger partial charge in [0, 0.05) is 17.8 Å². The van der Waals surface area contributed by atoms with Crippen molar-refractivity contribution in [2.75, 3.05) is 13.2 Å². The minimum Gasteiger partial charge on any atom is -0.466 e. The Bertz CT molecular complexity index is 461. The molecule has 0 fully saturated rings. The number of carbonyl (C=O) groups is 1. The highest BCUT2D eigenvalue weighted by Gasteiger charge is 2.16. The number of ether oxygens (including phenoxy) is 1. The number of hydrogen-bond donors (Lipinski definition) is 0. The highest BCUT2D eigenvalue weighted by atomic mass is 16.6. The molecule has 0 saturated heterocycles. The van der Waals surface area contributed by atoms with E-state index < -0.39 is 0 Å². The van der Waals surface area contributed by atoms with Crippen molar-refractivity contribution in [1.82, 2.24) is 0 Å². The van der Waals surface area contributed by atoms with Crippen LogP contribution in [-0.4, -0.2) is 24.0 Å². The summed E-state index contributed by atoms with van der Waals surface area (Å²) in [7, 11) is 0. The van der Waals surface area contributed by atoms with E-state index in [-0.39, 0.29) is 23.4 Å². The number of carbonyl (C=O) groups excluding carboxylic acids is 1. The predicted molar refractivity (Wildman–Crippen MR) is 90.0 cm³/mol. The lowest BCUT2D eigenvalue weighted by molar-refractivity contribution is -0.483. The summed E-state index contributed by atoms with van der Waals surface area (Å²) in [5, 5.41) is 10.8. The molecule has 0 saturated carbocycles. The van der Waals surface area contributed by atoms with Crippen LogP contribution in [0.5, 0.6) is 0 Å². The van der Waals surface area contributed by atoms with Crippen molar-refractivity contribution >= 4 is 5.97 Å². The van der Waals surface area contributed by atoms with E-state index >= 15 is 0 Å². The fourth-order valence-electron chi connectivity index (χ4n) is 2.68. The van der Waals surface area contributed by atoms with Crippen LogP contribution < -0.4 is 0 Å². The Morgan fingerprint density at radius 1 is 1.09 bits per heavy atom. The molecule has 5 heteroatoms. The predicted octanol–water partition coefficient (Wildman–Crippen LogP) is 4.34. The summed E-state index contributed by atoms with van der Waals surface area (Å²) in [6, 6.07) is 9.76. The third kappa shape index (κ3) is 9.66. The summed E-state index contributed by atoms with van der Waals surface area (Å²) in [4.78, 5) is 21.2. The van der Waals surface area contributed by atoms with Crippen molar-refractivity contribution in [3.05, 3.63) is 46.0 Å². The molecule has 0 aliphatic rings. The second kappa shape index (κ2) is 11.6.